The molecule has 1 aromatic heterocycles. The maximum Gasteiger partial charge on any atom is 0.103 e. The number of aromatic amines is 1. The van der Waals surface area contributed by atoms with Crippen molar-refractivity contribution in [3.8, 4) is 11.3 Å². The summed E-state index contributed by atoms with van der Waals surface area (Å²) in [5.74, 6) is 0.955. The number of aryl methyl sites for hydroxylation is 1. The summed E-state index contributed by atoms with van der Waals surface area (Å²) in [6.07, 6.45) is 1.89. The standard InChI is InChI=1S/C14H18N2/c1-10-15-9-13(16-10)11-6-5-7-12(8-11)14(2,3)4/h5-9H,1-4H3,(H,15,16). The van der Waals surface area contributed by atoms with E-state index in [4.69, 9.17) is 0 Å². The number of hydrogen-bond donors (Lipinski definition) is 1. The summed E-state index contributed by atoms with van der Waals surface area (Å²) in [7, 11) is 0. The van der Waals surface area contributed by atoms with Gasteiger partial charge in [-0.2, -0.15) is 0 Å². The predicted molar refractivity (Wildman–Crippen MR) is 67.5 cm³/mol. The second-order valence-electron chi connectivity index (χ2n) is 5.21. The lowest BCUT2D eigenvalue weighted by Crippen LogP contribution is -2.10. The van der Waals surface area contributed by atoms with Crippen LogP contribution in [0, 0.1) is 6.92 Å². The van der Waals surface area contributed by atoms with Gasteiger partial charge in [0.15, 0.2) is 0 Å². The third kappa shape index (κ3) is 2.16. The molecule has 2 aromatic rings. The summed E-state index contributed by atoms with van der Waals surface area (Å²) in [5, 5.41) is 0. The maximum atomic E-state index is 4.23. The second-order valence-corrected chi connectivity index (χ2v) is 5.21. The van der Waals surface area contributed by atoms with Crippen molar-refractivity contribution in [2.24, 2.45) is 0 Å². The van der Waals surface area contributed by atoms with Gasteiger partial charge in [-0.25, -0.2) is 4.98 Å². The number of H-pyrrole nitrogens is 1. The van der Waals surface area contributed by atoms with Gasteiger partial charge in [0, 0.05) is 0 Å². The van der Waals surface area contributed by atoms with Crippen molar-refractivity contribution in [3.63, 3.8) is 0 Å². The molecule has 0 aliphatic rings. The zero-order valence-electron chi connectivity index (χ0n) is 10.3. The van der Waals surface area contributed by atoms with E-state index in [1.165, 1.54) is 11.1 Å². The topological polar surface area (TPSA) is 28.7 Å². The molecule has 0 bridgehead atoms. The monoisotopic (exact) mass is 214 g/mol. The molecule has 1 N–H and O–H groups in total. The quantitative estimate of drug-likeness (QED) is 0.770. The van der Waals surface area contributed by atoms with E-state index in [0.717, 1.165) is 11.5 Å². The first-order chi connectivity index (χ1) is 7.47. The Morgan fingerprint density at radius 3 is 2.50 bits per heavy atom. The summed E-state index contributed by atoms with van der Waals surface area (Å²) in [5.41, 5.74) is 3.82. The molecule has 2 rings (SSSR count). The fourth-order valence-corrected chi connectivity index (χ4v) is 1.72. The molecule has 84 valence electrons. The fourth-order valence-electron chi connectivity index (χ4n) is 1.72. The van der Waals surface area contributed by atoms with Crippen LogP contribution in [0.3, 0.4) is 0 Å². The lowest BCUT2D eigenvalue weighted by Gasteiger charge is -2.19. The first-order valence-corrected chi connectivity index (χ1v) is 5.59. The van der Waals surface area contributed by atoms with E-state index in [2.05, 4.69) is 55.0 Å². The number of nitrogens with zero attached hydrogens (tertiary/aromatic N) is 1. The molecule has 0 saturated heterocycles. The number of rotatable bonds is 1. The van der Waals surface area contributed by atoms with Gasteiger partial charge in [-0.05, 0) is 29.5 Å². The van der Waals surface area contributed by atoms with Gasteiger partial charge in [0.1, 0.15) is 5.82 Å². The van der Waals surface area contributed by atoms with Crippen LogP contribution in [0.25, 0.3) is 11.3 Å². The van der Waals surface area contributed by atoms with Crippen molar-refractivity contribution in [2.75, 3.05) is 0 Å². The maximum absolute atomic E-state index is 4.23. The molecule has 2 heteroatoms. The van der Waals surface area contributed by atoms with E-state index in [-0.39, 0.29) is 5.41 Å². The lowest BCUT2D eigenvalue weighted by molar-refractivity contribution is 0.590. The van der Waals surface area contributed by atoms with Gasteiger partial charge in [0.25, 0.3) is 0 Å². The van der Waals surface area contributed by atoms with Gasteiger partial charge in [-0.3, -0.25) is 0 Å². The van der Waals surface area contributed by atoms with Crippen LogP contribution in [-0.4, -0.2) is 9.97 Å². The van der Waals surface area contributed by atoms with Crippen molar-refractivity contribution in [1.29, 1.82) is 0 Å². The number of imidazole rings is 1. The van der Waals surface area contributed by atoms with Crippen LogP contribution in [0.5, 0.6) is 0 Å². The van der Waals surface area contributed by atoms with Crippen LogP contribution < -0.4 is 0 Å². The molecule has 2 nitrogen and oxygen atoms in total. The average Bonchev–Trinajstić information content (AvgIpc) is 2.64. The predicted octanol–water partition coefficient (Wildman–Crippen LogP) is 3.68. The zero-order chi connectivity index (χ0) is 11.8. The van der Waals surface area contributed by atoms with E-state index >= 15 is 0 Å². The molecule has 0 amide bonds. The average molecular weight is 214 g/mol. The van der Waals surface area contributed by atoms with Crippen molar-refractivity contribution in [1.82, 2.24) is 9.97 Å². The van der Waals surface area contributed by atoms with Gasteiger partial charge in [-0.15, -0.1) is 0 Å². The summed E-state index contributed by atoms with van der Waals surface area (Å²) in [4.78, 5) is 7.49. The van der Waals surface area contributed by atoms with Crippen LogP contribution in [0.15, 0.2) is 30.5 Å². The SMILES string of the molecule is Cc1ncc(-c2cccc(C(C)(C)C)c2)[nH]1. The zero-order valence-corrected chi connectivity index (χ0v) is 10.3. The Morgan fingerprint density at radius 1 is 1.19 bits per heavy atom. The van der Waals surface area contributed by atoms with Gasteiger partial charge in [-0.1, -0.05) is 39.0 Å². The Labute approximate surface area is 96.7 Å². The number of hydrogen-bond acceptors (Lipinski definition) is 1. The third-order valence-corrected chi connectivity index (χ3v) is 2.74. The van der Waals surface area contributed by atoms with Crippen LogP contribution in [0.4, 0.5) is 0 Å². The molecule has 0 saturated carbocycles. The minimum absolute atomic E-state index is 0.186. The molecular weight excluding hydrogens is 196 g/mol. The number of benzene rings is 1. The van der Waals surface area contributed by atoms with Crippen LogP contribution in [-0.2, 0) is 5.41 Å². The molecule has 1 heterocycles. The smallest absolute Gasteiger partial charge is 0.103 e. The second kappa shape index (κ2) is 3.78. The van der Waals surface area contributed by atoms with Gasteiger partial charge >= 0.3 is 0 Å². The van der Waals surface area contributed by atoms with Crippen molar-refractivity contribution >= 4 is 0 Å². The molecule has 1 aromatic carbocycles. The number of nitrogens with one attached hydrogen (secondary N) is 1. The summed E-state index contributed by atoms with van der Waals surface area (Å²) >= 11 is 0. The number of aromatic nitrogens is 2. The van der Waals surface area contributed by atoms with E-state index < -0.39 is 0 Å². The highest BCUT2D eigenvalue weighted by atomic mass is 14.9. The van der Waals surface area contributed by atoms with E-state index in [9.17, 15) is 0 Å². The van der Waals surface area contributed by atoms with E-state index in [0.29, 0.717) is 0 Å². The highest BCUT2D eigenvalue weighted by Crippen LogP contribution is 2.26. The largest absolute Gasteiger partial charge is 0.342 e. The Kier molecular flexibility index (Phi) is 2.58. The molecule has 0 atom stereocenters. The molecule has 0 radical (unpaired) electrons. The first-order valence-electron chi connectivity index (χ1n) is 5.59. The Hall–Kier alpha value is -1.57. The van der Waals surface area contributed by atoms with Crippen molar-refractivity contribution < 1.29 is 0 Å². The highest BCUT2D eigenvalue weighted by Gasteiger charge is 2.14. The Bertz CT molecular complexity index is 489. The van der Waals surface area contributed by atoms with Crippen molar-refractivity contribution in [3.05, 3.63) is 41.9 Å². The van der Waals surface area contributed by atoms with Crippen LogP contribution in [0.1, 0.15) is 32.2 Å². The van der Waals surface area contributed by atoms with E-state index in [1.54, 1.807) is 0 Å². The summed E-state index contributed by atoms with van der Waals surface area (Å²) in [6.45, 7) is 8.65. The van der Waals surface area contributed by atoms with E-state index in [1.807, 2.05) is 13.1 Å². The van der Waals surface area contributed by atoms with Crippen molar-refractivity contribution in [2.45, 2.75) is 33.1 Å². The van der Waals surface area contributed by atoms with Crippen LogP contribution in [0.2, 0.25) is 0 Å². The lowest BCUT2D eigenvalue weighted by atomic mass is 9.86. The molecule has 0 unspecified atom stereocenters. The minimum atomic E-state index is 0.186. The first kappa shape index (κ1) is 10.9. The normalized spacial score (nSPS) is 11.8. The third-order valence-electron chi connectivity index (χ3n) is 2.74. The summed E-state index contributed by atoms with van der Waals surface area (Å²) < 4.78 is 0. The molecule has 0 aliphatic carbocycles. The summed E-state index contributed by atoms with van der Waals surface area (Å²) in [6, 6.07) is 8.62. The molecular formula is C14H18N2. The molecule has 0 fully saturated rings. The molecule has 16 heavy (non-hydrogen) atoms. The van der Waals surface area contributed by atoms with Crippen LogP contribution >= 0.6 is 0 Å². The molecule has 0 spiro atoms. The fraction of sp³-hybridized carbons (Fsp3) is 0.357. The van der Waals surface area contributed by atoms with Gasteiger partial charge < -0.3 is 4.98 Å². The van der Waals surface area contributed by atoms with Gasteiger partial charge in [0.05, 0.1) is 11.9 Å². The molecule has 0 aliphatic heterocycles. The Morgan fingerprint density at radius 2 is 1.94 bits per heavy atom. The highest BCUT2D eigenvalue weighted by molar-refractivity contribution is 5.60. The minimum Gasteiger partial charge on any atom is -0.342 e. The Balaban J connectivity index is 2.44. The van der Waals surface area contributed by atoms with Gasteiger partial charge in [0.2, 0.25) is 0 Å².